The molecule has 0 fully saturated rings. The van der Waals surface area contributed by atoms with Crippen molar-refractivity contribution in [2.45, 2.75) is 0 Å². The van der Waals surface area contributed by atoms with Gasteiger partial charge in [0, 0.05) is 35.5 Å². The topological polar surface area (TPSA) is 71.3 Å². The zero-order valence-electron chi connectivity index (χ0n) is 13.9. The standard InChI is InChI=1S/C19H13ClFN5O/c20-15-10-14(6-7-16(15)21)24-19(27)23-13-4-2-12(3-5-13)17-11-26-9-1-8-22-18(26)25-17/h1-11H,(H2,23,24,27). The predicted octanol–water partition coefficient (Wildman–Crippen LogP) is 4.83. The zero-order chi connectivity index (χ0) is 18.8. The van der Waals surface area contributed by atoms with Crippen molar-refractivity contribution < 1.29 is 9.18 Å². The molecule has 0 aliphatic carbocycles. The number of benzene rings is 2. The average Bonchev–Trinajstić information content (AvgIpc) is 3.09. The van der Waals surface area contributed by atoms with Gasteiger partial charge in [0.2, 0.25) is 5.78 Å². The molecule has 6 nitrogen and oxygen atoms in total. The van der Waals surface area contributed by atoms with Gasteiger partial charge in [0.25, 0.3) is 0 Å². The number of rotatable bonds is 3. The summed E-state index contributed by atoms with van der Waals surface area (Å²) in [6.45, 7) is 0. The summed E-state index contributed by atoms with van der Waals surface area (Å²) in [4.78, 5) is 20.7. The minimum Gasteiger partial charge on any atom is -0.308 e. The Balaban J connectivity index is 1.45. The fraction of sp³-hybridized carbons (Fsp3) is 0. The number of fused-ring (bicyclic) bond motifs is 1. The molecule has 27 heavy (non-hydrogen) atoms. The Morgan fingerprint density at radius 2 is 1.81 bits per heavy atom. The number of hydrogen-bond acceptors (Lipinski definition) is 3. The van der Waals surface area contributed by atoms with Crippen molar-refractivity contribution in [3.63, 3.8) is 0 Å². The summed E-state index contributed by atoms with van der Waals surface area (Å²) in [5.41, 5.74) is 2.68. The molecule has 0 unspecified atom stereocenters. The monoisotopic (exact) mass is 381 g/mol. The molecule has 8 heteroatoms. The first-order valence-electron chi connectivity index (χ1n) is 8.02. The molecule has 2 aromatic carbocycles. The number of hydrogen-bond donors (Lipinski definition) is 2. The highest BCUT2D eigenvalue weighted by Gasteiger charge is 2.07. The van der Waals surface area contributed by atoms with Crippen molar-refractivity contribution in [3.05, 3.63) is 78.0 Å². The van der Waals surface area contributed by atoms with E-state index in [4.69, 9.17) is 11.6 Å². The molecule has 0 bridgehead atoms. The van der Waals surface area contributed by atoms with Gasteiger partial charge >= 0.3 is 6.03 Å². The first kappa shape index (κ1) is 17.0. The predicted molar refractivity (Wildman–Crippen MR) is 102 cm³/mol. The van der Waals surface area contributed by atoms with Gasteiger partial charge in [-0.25, -0.2) is 19.2 Å². The Hall–Kier alpha value is -3.45. The average molecular weight is 382 g/mol. The molecule has 2 heterocycles. The number of imidazole rings is 1. The Morgan fingerprint density at radius 1 is 1.07 bits per heavy atom. The lowest BCUT2D eigenvalue weighted by Crippen LogP contribution is -2.19. The molecular weight excluding hydrogens is 369 g/mol. The Labute approximate surface area is 158 Å². The Kier molecular flexibility index (Phi) is 4.43. The highest BCUT2D eigenvalue weighted by Crippen LogP contribution is 2.22. The number of amides is 2. The van der Waals surface area contributed by atoms with Gasteiger partial charge in [-0.1, -0.05) is 23.7 Å². The van der Waals surface area contributed by atoms with E-state index in [2.05, 4.69) is 20.6 Å². The van der Waals surface area contributed by atoms with Crippen LogP contribution in [0.15, 0.2) is 67.1 Å². The van der Waals surface area contributed by atoms with Crippen molar-refractivity contribution in [1.82, 2.24) is 14.4 Å². The van der Waals surface area contributed by atoms with Crippen LogP contribution in [0, 0.1) is 5.82 Å². The van der Waals surface area contributed by atoms with Crippen molar-refractivity contribution >= 4 is 34.8 Å². The highest BCUT2D eigenvalue weighted by atomic mass is 35.5. The second kappa shape index (κ2) is 7.05. The molecule has 4 rings (SSSR count). The van der Waals surface area contributed by atoms with Crippen LogP contribution >= 0.6 is 11.6 Å². The molecule has 0 saturated heterocycles. The number of halogens is 2. The van der Waals surface area contributed by atoms with Gasteiger partial charge in [-0.15, -0.1) is 0 Å². The molecule has 0 saturated carbocycles. The molecule has 4 aromatic rings. The number of nitrogens with one attached hydrogen (secondary N) is 2. The first-order valence-corrected chi connectivity index (χ1v) is 8.39. The quantitative estimate of drug-likeness (QED) is 0.533. The summed E-state index contributed by atoms with van der Waals surface area (Å²) < 4.78 is 15.0. The van der Waals surface area contributed by atoms with Crippen LogP contribution in [-0.4, -0.2) is 20.4 Å². The van der Waals surface area contributed by atoms with Crippen LogP contribution in [0.2, 0.25) is 5.02 Å². The van der Waals surface area contributed by atoms with Crippen LogP contribution < -0.4 is 10.6 Å². The first-order chi connectivity index (χ1) is 13.1. The third-order valence-electron chi connectivity index (χ3n) is 3.85. The van der Waals surface area contributed by atoms with E-state index in [1.54, 1.807) is 18.3 Å². The largest absolute Gasteiger partial charge is 0.323 e. The lowest BCUT2D eigenvalue weighted by Gasteiger charge is -2.08. The van der Waals surface area contributed by atoms with E-state index in [0.29, 0.717) is 17.2 Å². The molecule has 0 spiro atoms. The van der Waals surface area contributed by atoms with E-state index in [0.717, 1.165) is 11.3 Å². The van der Waals surface area contributed by atoms with Crippen molar-refractivity contribution in [2.24, 2.45) is 0 Å². The molecule has 2 amide bonds. The van der Waals surface area contributed by atoms with Crippen LogP contribution in [0.25, 0.3) is 17.0 Å². The van der Waals surface area contributed by atoms with Gasteiger partial charge in [0.15, 0.2) is 0 Å². The molecule has 134 valence electrons. The second-order valence-electron chi connectivity index (χ2n) is 5.74. The molecular formula is C19H13ClFN5O. The van der Waals surface area contributed by atoms with Gasteiger partial charge < -0.3 is 10.6 Å². The van der Waals surface area contributed by atoms with E-state index < -0.39 is 11.8 Å². The Morgan fingerprint density at radius 3 is 2.56 bits per heavy atom. The van der Waals surface area contributed by atoms with Crippen LogP contribution in [-0.2, 0) is 0 Å². The van der Waals surface area contributed by atoms with Gasteiger partial charge in [0.05, 0.1) is 10.7 Å². The van der Waals surface area contributed by atoms with E-state index >= 15 is 0 Å². The fourth-order valence-electron chi connectivity index (χ4n) is 2.56. The summed E-state index contributed by atoms with van der Waals surface area (Å²) in [5, 5.41) is 5.25. The van der Waals surface area contributed by atoms with E-state index in [1.165, 1.54) is 18.2 Å². The Bertz CT molecular complexity index is 1090. The number of aromatic nitrogens is 3. The van der Waals surface area contributed by atoms with Crippen LogP contribution in [0.1, 0.15) is 0 Å². The zero-order valence-corrected chi connectivity index (χ0v) is 14.6. The number of urea groups is 1. The van der Waals surface area contributed by atoms with Crippen LogP contribution in [0.4, 0.5) is 20.6 Å². The molecule has 0 aliphatic heterocycles. The van der Waals surface area contributed by atoms with Gasteiger partial charge in [-0.3, -0.25) is 4.40 Å². The summed E-state index contributed by atoms with van der Waals surface area (Å²) in [6.07, 6.45) is 5.45. The van der Waals surface area contributed by atoms with Gasteiger partial charge in [0.1, 0.15) is 5.82 Å². The molecule has 2 N–H and O–H groups in total. The number of carbonyl (C=O) groups is 1. The summed E-state index contributed by atoms with van der Waals surface area (Å²) in [5.74, 6) is 0.0763. The number of nitrogens with zero attached hydrogens (tertiary/aromatic N) is 3. The smallest absolute Gasteiger partial charge is 0.308 e. The number of carbonyl (C=O) groups excluding carboxylic acids is 1. The van der Waals surface area contributed by atoms with Crippen LogP contribution in [0.3, 0.4) is 0 Å². The molecule has 0 radical (unpaired) electrons. The molecule has 0 atom stereocenters. The fourth-order valence-corrected chi connectivity index (χ4v) is 2.74. The second-order valence-corrected chi connectivity index (χ2v) is 6.15. The lowest BCUT2D eigenvalue weighted by molar-refractivity contribution is 0.262. The van der Waals surface area contributed by atoms with E-state index in [9.17, 15) is 9.18 Å². The van der Waals surface area contributed by atoms with E-state index in [1.807, 2.05) is 35.0 Å². The number of anilines is 2. The highest BCUT2D eigenvalue weighted by molar-refractivity contribution is 6.31. The summed E-state index contributed by atoms with van der Waals surface area (Å²) in [7, 11) is 0. The SMILES string of the molecule is O=C(Nc1ccc(-c2cn3cccnc3n2)cc1)Nc1ccc(F)c(Cl)c1. The molecule has 2 aromatic heterocycles. The van der Waals surface area contributed by atoms with Crippen LogP contribution in [0.5, 0.6) is 0 Å². The lowest BCUT2D eigenvalue weighted by atomic mass is 10.1. The summed E-state index contributed by atoms with van der Waals surface area (Å²) in [6, 6.07) is 12.6. The maximum atomic E-state index is 13.2. The van der Waals surface area contributed by atoms with Gasteiger partial charge in [-0.2, -0.15) is 0 Å². The maximum Gasteiger partial charge on any atom is 0.323 e. The summed E-state index contributed by atoms with van der Waals surface area (Å²) >= 11 is 5.70. The third kappa shape index (κ3) is 3.73. The normalized spacial score (nSPS) is 10.7. The minimum absolute atomic E-state index is 0.0564. The van der Waals surface area contributed by atoms with Crippen molar-refractivity contribution in [3.8, 4) is 11.3 Å². The van der Waals surface area contributed by atoms with Crippen molar-refractivity contribution in [2.75, 3.05) is 10.6 Å². The minimum atomic E-state index is -0.541. The third-order valence-corrected chi connectivity index (χ3v) is 4.14. The van der Waals surface area contributed by atoms with Gasteiger partial charge in [-0.05, 0) is 36.4 Å². The maximum absolute atomic E-state index is 13.2. The molecule has 0 aliphatic rings. The van der Waals surface area contributed by atoms with E-state index in [-0.39, 0.29) is 5.02 Å². The van der Waals surface area contributed by atoms with Crippen molar-refractivity contribution in [1.29, 1.82) is 0 Å².